The Bertz CT molecular complexity index is 1300. The van der Waals surface area contributed by atoms with Crippen LogP contribution in [0.25, 0.3) is 5.76 Å². The summed E-state index contributed by atoms with van der Waals surface area (Å²) in [6, 6.07) is 13.6. The molecule has 1 aliphatic rings. The van der Waals surface area contributed by atoms with Gasteiger partial charge < -0.3 is 9.84 Å². The minimum Gasteiger partial charge on any atom is -0.507 e. The molecule has 4 rings (SSSR count). The smallest absolute Gasteiger partial charge is 0.300 e. The number of carbonyl (C=O) groups is 2. The molecule has 7 heteroatoms. The molecule has 1 atom stereocenters. The van der Waals surface area contributed by atoms with Crippen molar-refractivity contribution in [3.05, 3.63) is 86.1 Å². The van der Waals surface area contributed by atoms with Gasteiger partial charge in [0, 0.05) is 15.6 Å². The molecule has 176 valence electrons. The number of halogens is 1. The van der Waals surface area contributed by atoms with Gasteiger partial charge >= 0.3 is 0 Å². The summed E-state index contributed by atoms with van der Waals surface area (Å²) in [7, 11) is 1.51. The Morgan fingerprint density at radius 2 is 1.85 bits per heavy atom. The summed E-state index contributed by atoms with van der Waals surface area (Å²) < 4.78 is 5.51. The van der Waals surface area contributed by atoms with Gasteiger partial charge in [0.2, 0.25) is 0 Å². The Morgan fingerprint density at radius 3 is 2.44 bits per heavy atom. The van der Waals surface area contributed by atoms with Gasteiger partial charge in [0.1, 0.15) is 17.6 Å². The molecular weight excluding hydrogens is 470 g/mol. The third kappa shape index (κ3) is 4.12. The van der Waals surface area contributed by atoms with E-state index in [0.717, 1.165) is 16.0 Å². The van der Waals surface area contributed by atoms with Crippen LogP contribution in [-0.2, 0) is 15.0 Å². The first-order valence-corrected chi connectivity index (χ1v) is 12.1. The maximum Gasteiger partial charge on any atom is 0.300 e. The zero-order chi connectivity index (χ0) is 24.8. The maximum atomic E-state index is 13.4. The number of Topliss-reactive ketones (excluding diaryl/α,β-unsaturated/α-hetero) is 1. The lowest BCUT2D eigenvalue weighted by molar-refractivity contribution is -0.132. The average molecular weight is 496 g/mol. The Hall–Kier alpha value is -3.09. The summed E-state index contributed by atoms with van der Waals surface area (Å²) in [6.45, 7) is 8.02. The molecule has 1 N–H and O–H groups in total. The Morgan fingerprint density at radius 1 is 1.12 bits per heavy atom. The largest absolute Gasteiger partial charge is 0.507 e. The number of rotatable bonds is 4. The fourth-order valence-corrected chi connectivity index (χ4v) is 5.24. The van der Waals surface area contributed by atoms with Crippen molar-refractivity contribution < 1.29 is 19.4 Å². The van der Waals surface area contributed by atoms with Crippen LogP contribution in [0, 0.1) is 6.92 Å². The van der Waals surface area contributed by atoms with Crippen molar-refractivity contribution in [2.75, 3.05) is 12.0 Å². The third-order valence-electron chi connectivity index (χ3n) is 6.00. The monoisotopic (exact) mass is 495 g/mol. The van der Waals surface area contributed by atoms with E-state index in [9.17, 15) is 14.7 Å². The number of amides is 1. The number of hydrogen-bond acceptors (Lipinski definition) is 5. The van der Waals surface area contributed by atoms with Crippen molar-refractivity contribution in [3.8, 4) is 5.75 Å². The number of methoxy groups -OCH3 is 1. The van der Waals surface area contributed by atoms with Crippen LogP contribution in [0.2, 0.25) is 5.02 Å². The number of aliphatic hydroxyl groups excluding tert-OH is 1. The Kier molecular flexibility index (Phi) is 6.32. The van der Waals surface area contributed by atoms with Gasteiger partial charge in [-0.2, -0.15) is 0 Å². The van der Waals surface area contributed by atoms with E-state index in [2.05, 4.69) is 20.8 Å². The number of benzene rings is 2. The lowest BCUT2D eigenvalue weighted by Crippen LogP contribution is -2.29. The summed E-state index contributed by atoms with van der Waals surface area (Å²) in [4.78, 5) is 29.0. The number of ether oxygens (including phenoxy) is 1. The summed E-state index contributed by atoms with van der Waals surface area (Å²) in [6.07, 6.45) is 0. The molecule has 3 aromatic rings. The second-order valence-corrected chi connectivity index (χ2v) is 10.7. The number of anilines is 1. The van der Waals surface area contributed by atoms with Crippen LogP contribution in [0.15, 0.2) is 59.5 Å². The van der Waals surface area contributed by atoms with Crippen LogP contribution >= 0.6 is 22.9 Å². The minimum atomic E-state index is -0.775. The fourth-order valence-electron chi connectivity index (χ4n) is 4.19. The predicted octanol–water partition coefficient (Wildman–Crippen LogP) is 6.64. The molecule has 1 aliphatic heterocycles. The van der Waals surface area contributed by atoms with Crippen LogP contribution < -0.4 is 9.64 Å². The molecule has 0 saturated carbocycles. The van der Waals surface area contributed by atoms with Crippen LogP contribution in [0.5, 0.6) is 5.75 Å². The number of carbonyl (C=O) groups excluding carboxylic acids is 2. The molecule has 0 radical (unpaired) electrons. The first-order valence-electron chi connectivity index (χ1n) is 10.8. The van der Waals surface area contributed by atoms with E-state index in [1.165, 1.54) is 23.3 Å². The molecule has 2 aromatic carbocycles. The number of aryl methyl sites for hydroxylation is 1. The van der Waals surface area contributed by atoms with E-state index >= 15 is 0 Å². The highest BCUT2D eigenvalue weighted by Gasteiger charge is 2.48. The molecule has 1 saturated heterocycles. The van der Waals surface area contributed by atoms with Crippen molar-refractivity contribution in [2.45, 2.75) is 39.2 Å². The first-order chi connectivity index (χ1) is 16.0. The van der Waals surface area contributed by atoms with Gasteiger partial charge in [-0.15, -0.1) is 11.3 Å². The number of ketones is 1. The van der Waals surface area contributed by atoms with Crippen LogP contribution in [-0.4, -0.2) is 23.9 Å². The zero-order valence-corrected chi connectivity index (χ0v) is 21.3. The lowest BCUT2D eigenvalue weighted by Gasteiger charge is -2.26. The van der Waals surface area contributed by atoms with Gasteiger partial charge in [0.05, 0.1) is 18.2 Å². The first kappa shape index (κ1) is 24.0. The summed E-state index contributed by atoms with van der Waals surface area (Å²) >= 11 is 7.55. The number of aliphatic hydroxyl groups is 1. The van der Waals surface area contributed by atoms with Crippen LogP contribution in [0.4, 0.5) is 5.69 Å². The van der Waals surface area contributed by atoms with E-state index in [-0.39, 0.29) is 16.7 Å². The minimum absolute atomic E-state index is 0.0335. The maximum absolute atomic E-state index is 13.4. The van der Waals surface area contributed by atoms with Gasteiger partial charge in [-0.05, 0) is 65.2 Å². The highest BCUT2D eigenvalue weighted by Crippen LogP contribution is 2.46. The molecule has 1 fully saturated rings. The van der Waals surface area contributed by atoms with E-state index in [0.29, 0.717) is 22.0 Å². The van der Waals surface area contributed by atoms with Gasteiger partial charge in [0.15, 0.2) is 0 Å². The van der Waals surface area contributed by atoms with E-state index in [1.54, 1.807) is 24.3 Å². The van der Waals surface area contributed by atoms with Crippen molar-refractivity contribution in [2.24, 2.45) is 0 Å². The molecule has 0 aliphatic carbocycles. The van der Waals surface area contributed by atoms with Crippen molar-refractivity contribution in [3.63, 3.8) is 0 Å². The Labute approximate surface area is 208 Å². The SMILES string of the molecule is COc1ccc(C(C)(C)C)cc1/C(O)=C1\C(=O)C(=O)N(c2ccc(Cl)cc2C)C1c1cccs1. The Balaban J connectivity index is 1.98. The van der Waals surface area contributed by atoms with E-state index < -0.39 is 17.7 Å². The van der Waals surface area contributed by atoms with Gasteiger partial charge in [-0.3, -0.25) is 14.5 Å². The normalized spacial score (nSPS) is 17.9. The number of hydrogen-bond donors (Lipinski definition) is 1. The van der Waals surface area contributed by atoms with E-state index in [1.807, 2.05) is 36.6 Å². The molecule has 2 heterocycles. The number of thiophene rings is 1. The second-order valence-electron chi connectivity index (χ2n) is 9.28. The molecule has 1 unspecified atom stereocenters. The lowest BCUT2D eigenvalue weighted by atomic mass is 9.85. The molecule has 0 spiro atoms. The fraction of sp³-hybridized carbons (Fsp3) is 0.259. The molecule has 1 aromatic heterocycles. The predicted molar refractivity (Wildman–Crippen MR) is 137 cm³/mol. The van der Waals surface area contributed by atoms with E-state index in [4.69, 9.17) is 16.3 Å². The quantitative estimate of drug-likeness (QED) is 0.250. The summed E-state index contributed by atoms with van der Waals surface area (Å²) in [5, 5.41) is 14.0. The molecule has 0 bridgehead atoms. The molecular formula is C27H26ClNO4S. The summed E-state index contributed by atoms with van der Waals surface area (Å²) in [5.41, 5.74) is 2.50. The highest BCUT2D eigenvalue weighted by atomic mass is 35.5. The third-order valence-corrected chi connectivity index (χ3v) is 7.16. The molecule has 1 amide bonds. The summed E-state index contributed by atoms with van der Waals surface area (Å²) in [5.74, 6) is -1.28. The van der Waals surface area contributed by atoms with Crippen LogP contribution in [0.3, 0.4) is 0 Å². The van der Waals surface area contributed by atoms with Gasteiger partial charge in [-0.1, -0.05) is 44.5 Å². The highest BCUT2D eigenvalue weighted by molar-refractivity contribution is 7.10. The van der Waals surface area contributed by atoms with Gasteiger partial charge in [0.25, 0.3) is 11.7 Å². The molecule has 5 nitrogen and oxygen atoms in total. The standard InChI is InChI=1S/C27H26ClNO4S/c1-15-13-17(28)9-10-19(15)29-23(21-7-6-12-34-21)22(25(31)26(29)32)24(30)18-14-16(27(2,3)4)8-11-20(18)33-5/h6-14,23,30H,1-5H3/b24-22+. The van der Waals surface area contributed by atoms with Crippen molar-refractivity contribution in [1.82, 2.24) is 0 Å². The zero-order valence-electron chi connectivity index (χ0n) is 19.7. The topological polar surface area (TPSA) is 66.8 Å². The van der Waals surface area contributed by atoms with Crippen LogP contribution in [0.1, 0.15) is 48.4 Å². The van der Waals surface area contributed by atoms with Gasteiger partial charge in [-0.25, -0.2) is 0 Å². The average Bonchev–Trinajstić information content (AvgIpc) is 3.40. The van der Waals surface area contributed by atoms with Crippen molar-refractivity contribution >= 4 is 46.1 Å². The molecule has 34 heavy (non-hydrogen) atoms. The second kappa shape index (κ2) is 8.93. The van der Waals surface area contributed by atoms with Crippen molar-refractivity contribution in [1.29, 1.82) is 0 Å². The number of nitrogens with zero attached hydrogens (tertiary/aromatic N) is 1.